The summed E-state index contributed by atoms with van der Waals surface area (Å²) >= 11 is 0. The summed E-state index contributed by atoms with van der Waals surface area (Å²) in [6.07, 6.45) is 2.17. The molecule has 6 nitrogen and oxygen atoms in total. The van der Waals surface area contributed by atoms with Gasteiger partial charge in [-0.15, -0.1) is 24.0 Å². The molecule has 0 spiro atoms. The van der Waals surface area contributed by atoms with Crippen molar-refractivity contribution in [3.8, 4) is 5.75 Å². The Kier molecular flexibility index (Phi) is 10.4. The van der Waals surface area contributed by atoms with E-state index >= 15 is 0 Å². The first kappa shape index (κ1) is 19.5. The summed E-state index contributed by atoms with van der Waals surface area (Å²) in [6.45, 7) is 3.27. The predicted molar refractivity (Wildman–Crippen MR) is 94.8 cm³/mol. The van der Waals surface area contributed by atoms with Crippen LogP contribution < -0.4 is 21.5 Å². The molecule has 1 amide bonds. The number of benzene rings is 1. The number of nitrogens with one attached hydrogen (secondary N) is 1. The summed E-state index contributed by atoms with van der Waals surface area (Å²) in [5.41, 5.74) is 11.7. The van der Waals surface area contributed by atoms with E-state index in [2.05, 4.69) is 17.2 Å². The quantitative estimate of drug-likeness (QED) is 0.263. The van der Waals surface area contributed by atoms with E-state index in [4.69, 9.17) is 16.2 Å². The summed E-state index contributed by atoms with van der Waals surface area (Å²) in [5, 5.41) is 3.04. The first-order valence-electron chi connectivity index (χ1n) is 6.65. The van der Waals surface area contributed by atoms with E-state index in [-0.39, 0.29) is 30.6 Å². The lowest BCUT2D eigenvalue weighted by molar-refractivity contribution is -0.119. The maximum atomic E-state index is 10.6. The zero-order valence-corrected chi connectivity index (χ0v) is 14.5. The van der Waals surface area contributed by atoms with Crippen LogP contribution in [0.4, 0.5) is 0 Å². The summed E-state index contributed by atoms with van der Waals surface area (Å²) < 4.78 is 5.22. The van der Waals surface area contributed by atoms with E-state index in [1.54, 1.807) is 6.07 Å². The molecule has 0 saturated heterocycles. The molecule has 0 heterocycles. The lowest BCUT2D eigenvalue weighted by atomic mass is 10.2. The number of aliphatic imine (C=N–C) groups is 1. The zero-order chi connectivity index (χ0) is 14.8. The Morgan fingerprint density at radius 2 is 2.14 bits per heavy atom. The van der Waals surface area contributed by atoms with Gasteiger partial charge in [0.15, 0.2) is 12.6 Å². The zero-order valence-electron chi connectivity index (χ0n) is 12.2. The Bertz CT molecular complexity index is 466. The van der Waals surface area contributed by atoms with E-state index in [9.17, 15) is 4.79 Å². The second kappa shape index (κ2) is 11.2. The molecule has 7 heteroatoms. The highest BCUT2D eigenvalue weighted by Crippen LogP contribution is 2.13. The average molecular weight is 406 g/mol. The molecule has 21 heavy (non-hydrogen) atoms. The molecule has 118 valence electrons. The van der Waals surface area contributed by atoms with Gasteiger partial charge in [0.2, 0.25) is 0 Å². The van der Waals surface area contributed by atoms with Crippen LogP contribution in [0.3, 0.4) is 0 Å². The van der Waals surface area contributed by atoms with Crippen LogP contribution in [0, 0.1) is 0 Å². The summed E-state index contributed by atoms with van der Waals surface area (Å²) in [5.74, 6) is 0.522. The van der Waals surface area contributed by atoms with Crippen LogP contribution in [0.25, 0.3) is 0 Å². The number of ether oxygens (including phenoxy) is 1. The molecule has 5 N–H and O–H groups in total. The normalized spacial score (nSPS) is 10.6. The van der Waals surface area contributed by atoms with Gasteiger partial charge in [-0.25, -0.2) is 4.99 Å². The number of amides is 1. The van der Waals surface area contributed by atoms with Gasteiger partial charge >= 0.3 is 0 Å². The molecular formula is C14H23IN4O2. The molecule has 1 rings (SSSR count). The van der Waals surface area contributed by atoms with Gasteiger partial charge in [-0.05, 0) is 24.1 Å². The Morgan fingerprint density at radius 1 is 1.38 bits per heavy atom. The van der Waals surface area contributed by atoms with Crippen LogP contribution in [0.2, 0.25) is 0 Å². The number of nitrogens with two attached hydrogens (primary N) is 2. The van der Waals surface area contributed by atoms with Crippen molar-refractivity contribution in [1.29, 1.82) is 0 Å². The molecule has 0 radical (unpaired) electrons. The maximum Gasteiger partial charge on any atom is 0.255 e. The van der Waals surface area contributed by atoms with Gasteiger partial charge in [-0.3, -0.25) is 4.79 Å². The SMILES string of the molecule is CCCCNC(N)=NCc1cccc(OCC(N)=O)c1.I. The number of rotatable bonds is 8. The van der Waals surface area contributed by atoms with Crippen molar-refractivity contribution in [2.24, 2.45) is 16.5 Å². The minimum absolute atomic E-state index is 0. The van der Waals surface area contributed by atoms with Gasteiger partial charge in [0.1, 0.15) is 5.75 Å². The first-order valence-corrected chi connectivity index (χ1v) is 6.65. The van der Waals surface area contributed by atoms with Crippen LogP contribution in [-0.4, -0.2) is 25.0 Å². The first-order chi connectivity index (χ1) is 9.61. The van der Waals surface area contributed by atoms with Gasteiger partial charge in [-0.2, -0.15) is 0 Å². The van der Waals surface area contributed by atoms with Crippen molar-refractivity contribution < 1.29 is 9.53 Å². The number of hydrogen-bond acceptors (Lipinski definition) is 3. The highest BCUT2D eigenvalue weighted by molar-refractivity contribution is 14.0. The van der Waals surface area contributed by atoms with Crippen LogP contribution >= 0.6 is 24.0 Å². The summed E-state index contributed by atoms with van der Waals surface area (Å²) in [4.78, 5) is 14.9. The molecule has 0 fully saturated rings. The van der Waals surface area contributed by atoms with Crippen molar-refractivity contribution in [2.75, 3.05) is 13.2 Å². The second-order valence-corrected chi connectivity index (χ2v) is 4.38. The number of halogens is 1. The van der Waals surface area contributed by atoms with E-state index in [1.165, 1.54) is 0 Å². The van der Waals surface area contributed by atoms with Crippen LogP contribution in [-0.2, 0) is 11.3 Å². The lowest BCUT2D eigenvalue weighted by Gasteiger charge is -2.06. The predicted octanol–water partition coefficient (Wildman–Crippen LogP) is 1.37. The molecular weight excluding hydrogens is 383 g/mol. The molecule has 0 saturated carbocycles. The van der Waals surface area contributed by atoms with Crippen LogP contribution in [0.15, 0.2) is 29.3 Å². The fourth-order valence-corrected chi connectivity index (χ4v) is 1.51. The molecule has 0 aliphatic carbocycles. The smallest absolute Gasteiger partial charge is 0.255 e. The molecule has 1 aromatic carbocycles. The van der Waals surface area contributed by atoms with Crippen molar-refractivity contribution in [3.63, 3.8) is 0 Å². The third-order valence-electron chi connectivity index (χ3n) is 2.55. The minimum Gasteiger partial charge on any atom is -0.484 e. The van der Waals surface area contributed by atoms with Crippen molar-refractivity contribution in [1.82, 2.24) is 5.32 Å². The fraction of sp³-hybridized carbons (Fsp3) is 0.429. The van der Waals surface area contributed by atoms with Gasteiger partial charge in [0.25, 0.3) is 5.91 Å². The van der Waals surface area contributed by atoms with Gasteiger partial charge < -0.3 is 21.5 Å². The van der Waals surface area contributed by atoms with E-state index in [0.717, 1.165) is 24.9 Å². The number of unbranched alkanes of at least 4 members (excludes halogenated alkanes) is 1. The van der Waals surface area contributed by atoms with Crippen molar-refractivity contribution in [3.05, 3.63) is 29.8 Å². The van der Waals surface area contributed by atoms with Gasteiger partial charge in [-0.1, -0.05) is 25.5 Å². The maximum absolute atomic E-state index is 10.6. The largest absolute Gasteiger partial charge is 0.484 e. The van der Waals surface area contributed by atoms with Crippen molar-refractivity contribution >= 4 is 35.8 Å². The Balaban J connectivity index is 0.00000400. The third kappa shape index (κ3) is 9.11. The molecule has 0 aromatic heterocycles. The minimum atomic E-state index is -0.502. The van der Waals surface area contributed by atoms with E-state index in [0.29, 0.717) is 18.3 Å². The lowest BCUT2D eigenvalue weighted by Crippen LogP contribution is -2.32. The van der Waals surface area contributed by atoms with E-state index in [1.807, 2.05) is 18.2 Å². The third-order valence-corrected chi connectivity index (χ3v) is 2.55. The number of primary amides is 1. The van der Waals surface area contributed by atoms with Crippen LogP contribution in [0.5, 0.6) is 5.75 Å². The highest BCUT2D eigenvalue weighted by atomic mass is 127. The van der Waals surface area contributed by atoms with Crippen LogP contribution in [0.1, 0.15) is 25.3 Å². The summed E-state index contributed by atoms with van der Waals surface area (Å²) in [7, 11) is 0. The Morgan fingerprint density at radius 3 is 2.81 bits per heavy atom. The monoisotopic (exact) mass is 406 g/mol. The topological polar surface area (TPSA) is 103 Å². The van der Waals surface area contributed by atoms with Crippen molar-refractivity contribution in [2.45, 2.75) is 26.3 Å². The van der Waals surface area contributed by atoms with Gasteiger partial charge in [0, 0.05) is 6.54 Å². The average Bonchev–Trinajstić information content (AvgIpc) is 2.44. The number of carbonyl (C=O) groups is 1. The molecule has 1 aromatic rings. The molecule has 0 bridgehead atoms. The fourth-order valence-electron chi connectivity index (χ4n) is 1.51. The molecule has 0 atom stereocenters. The molecule has 0 aliphatic rings. The summed E-state index contributed by atoms with van der Waals surface area (Å²) in [6, 6.07) is 7.33. The second-order valence-electron chi connectivity index (χ2n) is 4.38. The number of carbonyl (C=O) groups excluding carboxylic acids is 1. The number of guanidine groups is 1. The number of hydrogen-bond donors (Lipinski definition) is 3. The van der Waals surface area contributed by atoms with Gasteiger partial charge in [0.05, 0.1) is 6.54 Å². The Labute approximate surface area is 142 Å². The molecule has 0 aliphatic heterocycles. The highest BCUT2D eigenvalue weighted by Gasteiger charge is 1.99. The standard InChI is InChI=1S/C14H22N4O2.HI/c1-2-3-7-17-14(16)18-9-11-5-4-6-12(8-11)20-10-13(15)19;/h4-6,8H,2-3,7,9-10H2,1H3,(H2,15,19)(H3,16,17,18);1H. The molecule has 0 unspecified atom stereocenters. The van der Waals surface area contributed by atoms with E-state index < -0.39 is 5.91 Å². The number of nitrogens with zero attached hydrogens (tertiary/aromatic N) is 1. The Hall–Kier alpha value is -1.51.